The molecule has 0 radical (unpaired) electrons. The van der Waals surface area contributed by atoms with Crippen molar-refractivity contribution in [1.82, 2.24) is 10.5 Å². The van der Waals surface area contributed by atoms with E-state index in [1.54, 1.807) is 19.9 Å². The molecule has 0 unspecified atom stereocenters. The molecule has 2 atom stereocenters. The van der Waals surface area contributed by atoms with Crippen molar-refractivity contribution in [3.63, 3.8) is 0 Å². The normalized spacial score (nSPS) is 15.1. The second kappa shape index (κ2) is 6.75. The van der Waals surface area contributed by atoms with Crippen molar-refractivity contribution in [2.24, 2.45) is 5.41 Å². The molecule has 0 saturated heterocycles. The van der Waals surface area contributed by atoms with Crippen molar-refractivity contribution in [1.29, 1.82) is 0 Å². The number of hydrogen-bond acceptors (Lipinski definition) is 4. The molecule has 1 amide bonds. The maximum absolute atomic E-state index is 12.1. The van der Waals surface area contributed by atoms with E-state index < -0.39 is 11.5 Å². The SMILES string of the molecule is Cc1cc(C(=O)NC[C@@](C)(Cc2ccccc2)[C@H](C)O)on1. The molecule has 5 nitrogen and oxygen atoms in total. The molecule has 0 aliphatic carbocycles. The summed E-state index contributed by atoms with van der Waals surface area (Å²) in [5, 5.41) is 16.7. The Labute approximate surface area is 130 Å². The van der Waals surface area contributed by atoms with Crippen molar-refractivity contribution < 1.29 is 14.4 Å². The van der Waals surface area contributed by atoms with Gasteiger partial charge in [-0.15, -0.1) is 0 Å². The summed E-state index contributed by atoms with van der Waals surface area (Å²) in [6, 6.07) is 11.5. The van der Waals surface area contributed by atoms with Gasteiger partial charge in [-0.25, -0.2) is 0 Å². The molecule has 1 aromatic carbocycles. The quantitative estimate of drug-likeness (QED) is 0.859. The van der Waals surface area contributed by atoms with Crippen LogP contribution in [0.1, 0.15) is 35.7 Å². The third-order valence-electron chi connectivity index (χ3n) is 3.96. The van der Waals surface area contributed by atoms with Crippen LogP contribution in [0.3, 0.4) is 0 Å². The number of aryl methyl sites for hydroxylation is 1. The zero-order chi connectivity index (χ0) is 16.2. The molecule has 1 aromatic heterocycles. The summed E-state index contributed by atoms with van der Waals surface area (Å²) in [5.74, 6) is -0.134. The van der Waals surface area contributed by atoms with E-state index in [1.165, 1.54) is 0 Å². The Morgan fingerprint density at radius 2 is 2.09 bits per heavy atom. The molecule has 22 heavy (non-hydrogen) atoms. The first-order valence-corrected chi connectivity index (χ1v) is 7.34. The molecule has 0 fully saturated rings. The fourth-order valence-corrected chi connectivity index (χ4v) is 2.26. The van der Waals surface area contributed by atoms with Crippen LogP contribution in [-0.2, 0) is 6.42 Å². The van der Waals surface area contributed by atoms with Gasteiger partial charge < -0.3 is 14.9 Å². The van der Waals surface area contributed by atoms with Crippen molar-refractivity contribution in [2.45, 2.75) is 33.3 Å². The first-order valence-electron chi connectivity index (χ1n) is 7.34. The topological polar surface area (TPSA) is 75.4 Å². The minimum Gasteiger partial charge on any atom is -0.393 e. The van der Waals surface area contributed by atoms with Crippen LogP contribution in [0.4, 0.5) is 0 Å². The fraction of sp³-hybridized carbons (Fsp3) is 0.412. The predicted molar refractivity (Wildman–Crippen MR) is 83.5 cm³/mol. The summed E-state index contributed by atoms with van der Waals surface area (Å²) in [6.45, 7) is 5.80. The van der Waals surface area contributed by atoms with Crippen molar-refractivity contribution in [3.8, 4) is 0 Å². The highest BCUT2D eigenvalue weighted by Gasteiger charge is 2.31. The molecule has 0 aliphatic rings. The molecule has 118 valence electrons. The van der Waals surface area contributed by atoms with Crippen LogP contribution < -0.4 is 5.32 Å². The predicted octanol–water partition coefficient (Wildman–Crippen LogP) is 2.34. The summed E-state index contributed by atoms with van der Waals surface area (Å²) >= 11 is 0. The molecule has 2 aromatic rings. The minimum absolute atomic E-state index is 0.185. The smallest absolute Gasteiger partial charge is 0.289 e. The fourth-order valence-electron chi connectivity index (χ4n) is 2.26. The van der Waals surface area contributed by atoms with Gasteiger partial charge in [-0.1, -0.05) is 42.4 Å². The molecular weight excluding hydrogens is 280 g/mol. The summed E-state index contributed by atoms with van der Waals surface area (Å²) in [5.41, 5.74) is 1.31. The minimum atomic E-state index is -0.565. The van der Waals surface area contributed by atoms with E-state index in [9.17, 15) is 9.90 Å². The Morgan fingerprint density at radius 3 is 2.64 bits per heavy atom. The van der Waals surface area contributed by atoms with Crippen LogP contribution in [-0.4, -0.2) is 28.8 Å². The average Bonchev–Trinajstić information content (AvgIpc) is 2.92. The Bertz CT molecular complexity index is 622. The van der Waals surface area contributed by atoms with Crippen LogP contribution in [0.2, 0.25) is 0 Å². The first kappa shape index (κ1) is 16.2. The van der Waals surface area contributed by atoms with Crippen molar-refractivity contribution in [3.05, 3.63) is 53.4 Å². The molecule has 0 spiro atoms. The highest BCUT2D eigenvalue weighted by atomic mass is 16.5. The molecular formula is C17H22N2O3. The Hall–Kier alpha value is -2.14. The van der Waals surface area contributed by atoms with E-state index in [-0.39, 0.29) is 11.7 Å². The van der Waals surface area contributed by atoms with E-state index in [0.29, 0.717) is 18.7 Å². The molecule has 1 heterocycles. The Morgan fingerprint density at radius 1 is 1.41 bits per heavy atom. The largest absolute Gasteiger partial charge is 0.393 e. The molecule has 5 heteroatoms. The van der Waals surface area contributed by atoms with Crippen LogP contribution in [0.5, 0.6) is 0 Å². The van der Waals surface area contributed by atoms with Crippen LogP contribution in [0.25, 0.3) is 0 Å². The van der Waals surface area contributed by atoms with Crippen LogP contribution in [0.15, 0.2) is 40.9 Å². The zero-order valence-corrected chi connectivity index (χ0v) is 13.2. The van der Waals surface area contributed by atoms with Gasteiger partial charge in [0, 0.05) is 18.0 Å². The lowest BCUT2D eigenvalue weighted by atomic mass is 9.79. The van der Waals surface area contributed by atoms with E-state index >= 15 is 0 Å². The lowest BCUT2D eigenvalue weighted by Gasteiger charge is -2.33. The van der Waals surface area contributed by atoms with Gasteiger partial charge in [0.25, 0.3) is 5.91 Å². The summed E-state index contributed by atoms with van der Waals surface area (Å²) in [7, 11) is 0. The van der Waals surface area contributed by atoms with Gasteiger partial charge in [0.05, 0.1) is 11.8 Å². The van der Waals surface area contributed by atoms with E-state index in [0.717, 1.165) is 5.56 Å². The van der Waals surface area contributed by atoms with Crippen LogP contribution in [0, 0.1) is 12.3 Å². The van der Waals surface area contributed by atoms with Crippen molar-refractivity contribution >= 4 is 5.91 Å². The number of hydrogen-bond donors (Lipinski definition) is 2. The molecule has 0 saturated carbocycles. The van der Waals surface area contributed by atoms with Gasteiger partial charge >= 0.3 is 0 Å². The molecule has 0 bridgehead atoms. The number of aromatic nitrogens is 1. The van der Waals surface area contributed by atoms with Gasteiger partial charge in [0.2, 0.25) is 5.76 Å². The number of aliphatic hydroxyl groups is 1. The first-order chi connectivity index (χ1) is 10.4. The third kappa shape index (κ3) is 3.95. The standard InChI is InChI=1S/C17H22N2O3/c1-12-9-15(22-19-12)16(21)18-11-17(3,13(2)20)10-14-7-5-4-6-8-14/h4-9,13,20H,10-11H2,1-3H3,(H,18,21)/t13-,17+/m0/s1. The lowest BCUT2D eigenvalue weighted by molar-refractivity contribution is 0.0493. The highest BCUT2D eigenvalue weighted by molar-refractivity contribution is 5.91. The molecule has 2 N–H and O–H groups in total. The zero-order valence-electron chi connectivity index (χ0n) is 13.2. The number of amides is 1. The van der Waals surface area contributed by atoms with E-state index in [1.807, 2.05) is 37.3 Å². The number of nitrogens with one attached hydrogen (secondary N) is 1. The molecule has 2 rings (SSSR count). The van der Waals surface area contributed by atoms with E-state index in [2.05, 4.69) is 10.5 Å². The van der Waals surface area contributed by atoms with Gasteiger partial charge in [0.1, 0.15) is 0 Å². The van der Waals surface area contributed by atoms with Crippen molar-refractivity contribution in [2.75, 3.05) is 6.54 Å². The number of rotatable bonds is 6. The maximum Gasteiger partial charge on any atom is 0.289 e. The van der Waals surface area contributed by atoms with Gasteiger partial charge in [-0.05, 0) is 25.8 Å². The van der Waals surface area contributed by atoms with Gasteiger partial charge in [0.15, 0.2) is 0 Å². The molecule has 0 aliphatic heterocycles. The summed E-state index contributed by atoms with van der Waals surface area (Å²) < 4.78 is 4.95. The number of aliphatic hydroxyl groups excluding tert-OH is 1. The Kier molecular flexibility index (Phi) is 4.98. The monoisotopic (exact) mass is 302 g/mol. The van der Waals surface area contributed by atoms with E-state index in [4.69, 9.17) is 4.52 Å². The van der Waals surface area contributed by atoms with Crippen LogP contribution >= 0.6 is 0 Å². The van der Waals surface area contributed by atoms with Gasteiger partial charge in [-0.2, -0.15) is 0 Å². The Balaban J connectivity index is 2.03. The summed E-state index contributed by atoms with van der Waals surface area (Å²) in [4.78, 5) is 12.1. The van der Waals surface area contributed by atoms with Gasteiger partial charge in [-0.3, -0.25) is 4.79 Å². The second-order valence-electron chi connectivity index (χ2n) is 6.01. The number of benzene rings is 1. The third-order valence-corrected chi connectivity index (χ3v) is 3.96. The number of nitrogens with zero attached hydrogens (tertiary/aromatic N) is 1. The number of carbonyl (C=O) groups is 1. The lowest BCUT2D eigenvalue weighted by Crippen LogP contribution is -2.43. The summed E-state index contributed by atoms with van der Waals surface area (Å²) in [6.07, 6.45) is 0.103. The second-order valence-corrected chi connectivity index (χ2v) is 6.01. The number of carbonyl (C=O) groups excluding carboxylic acids is 1. The average molecular weight is 302 g/mol. The maximum atomic E-state index is 12.1. The highest BCUT2D eigenvalue weighted by Crippen LogP contribution is 2.26.